The molecule has 0 aliphatic heterocycles. The summed E-state index contributed by atoms with van der Waals surface area (Å²) in [5, 5.41) is 16.0. The van der Waals surface area contributed by atoms with E-state index < -0.39 is 40.6 Å². The van der Waals surface area contributed by atoms with Gasteiger partial charge in [0.05, 0.1) is 29.2 Å². The summed E-state index contributed by atoms with van der Waals surface area (Å²) < 4.78 is 4.98. The molecule has 2 aromatic carbocycles. The molecule has 4 N–H and O–H groups in total. The predicted octanol–water partition coefficient (Wildman–Crippen LogP) is 1.87. The average molecular weight is 456 g/mol. The lowest BCUT2D eigenvalue weighted by Crippen LogP contribution is -2.49. The van der Waals surface area contributed by atoms with Gasteiger partial charge in [-0.2, -0.15) is 0 Å². The number of carbonyl (C=O) groups is 4. The highest BCUT2D eigenvalue weighted by molar-refractivity contribution is 6.04. The Hall–Kier alpha value is -4.28. The van der Waals surface area contributed by atoms with E-state index in [0.29, 0.717) is 5.56 Å². The first kappa shape index (κ1) is 25.0. The summed E-state index contributed by atoms with van der Waals surface area (Å²) in [5.74, 6) is -3.63. The molecule has 2 atom stereocenters. The zero-order chi connectivity index (χ0) is 24.5. The molecule has 0 unspecified atom stereocenters. The van der Waals surface area contributed by atoms with E-state index in [1.807, 2.05) is 0 Å². The molecule has 0 aliphatic rings. The van der Waals surface area contributed by atoms with Crippen molar-refractivity contribution in [3.8, 4) is 0 Å². The number of nitrogens with zero attached hydrogens (tertiary/aromatic N) is 1. The molecule has 0 radical (unpaired) electrons. The SMILES string of the molecule is CCOC(=O)C[C@H](c1ccc([N+](=O)[O-])cc1)[C@@H](NC(=O)c1ccccc1NC(C)=O)C(N)=O. The van der Waals surface area contributed by atoms with Crippen molar-refractivity contribution in [3.05, 3.63) is 69.8 Å². The minimum Gasteiger partial charge on any atom is -0.466 e. The van der Waals surface area contributed by atoms with Crippen LogP contribution >= 0.6 is 0 Å². The van der Waals surface area contributed by atoms with Crippen LogP contribution in [0.5, 0.6) is 0 Å². The lowest BCUT2D eigenvalue weighted by molar-refractivity contribution is -0.384. The number of amides is 3. The number of nitro groups is 1. The number of nitro benzene ring substituents is 1. The van der Waals surface area contributed by atoms with Crippen LogP contribution in [0.25, 0.3) is 0 Å². The van der Waals surface area contributed by atoms with Gasteiger partial charge in [0.15, 0.2) is 0 Å². The summed E-state index contributed by atoms with van der Waals surface area (Å²) in [6.45, 7) is 3.00. The number of nitrogens with one attached hydrogen (secondary N) is 2. The van der Waals surface area contributed by atoms with Crippen LogP contribution in [0.4, 0.5) is 11.4 Å². The maximum Gasteiger partial charge on any atom is 0.306 e. The summed E-state index contributed by atoms with van der Waals surface area (Å²) >= 11 is 0. The van der Waals surface area contributed by atoms with Crippen molar-refractivity contribution in [1.29, 1.82) is 0 Å². The summed E-state index contributed by atoms with van der Waals surface area (Å²) in [6, 6.07) is 10.0. The Bertz CT molecular complexity index is 1050. The lowest BCUT2D eigenvalue weighted by Gasteiger charge is -2.26. The molecule has 0 saturated heterocycles. The van der Waals surface area contributed by atoms with E-state index >= 15 is 0 Å². The average Bonchev–Trinajstić information content (AvgIpc) is 2.76. The number of hydrogen-bond donors (Lipinski definition) is 3. The highest BCUT2D eigenvalue weighted by atomic mass is 16.6. The number of primary amides is 1. The van der Waals surface area contributed by atoms with Crippen LogP contribution in [-0.4, -0.2) is 41.3 Å². The van der Waals surface area contributed by atoms with Gasteiger partial charge in [-0.15, -0.1) is 0 Å². The predicted molar refractivity (Wildman–Crippen MR) is 118 cm³/mol. The van der Waals surface area contributed by atoms with E-state index in [1.54, 1.807) is 19.1 Å². The Labute approximate surface area is 189 Å². The first-order valence-corrected chi connectivity index (χ1v) is 10.0. The summed E-state index contributed by atoms with van der Waals surface area (Å²) in [7, 11) is 0. The Balaban J connectivity index is 2.42. The van der Waals surface area contributed by atoms with Gasteiger partial charge in [-0.05, 0) is 24.6 Å². The molecule has 0 heterocycles. The Morgan fingerprint density at radius 1 is 1.09 bits per heavy atom. The van der Waals surface area contributed by atoms with E-state index in [2.05, 4.69) is 10.6 Å². The summed E-state index contributed by atoms with van der Waals surface area (Å²) in [6.07, 6.45) is -0.313. The minimum atomic E-state index is -1.35. The molecule has 11 nitrogen and oxygen atoms in total. The number of carbonyl (C=O) groups excluding carboxylic acids is 4. The first-order chi connectivity index (χ1) is 15.6. The lowest BCUT2D eigenvalue weighted by atomic mass is 9.87. The highest BCUT2D eigenvalue weighted by Gasteiger charge is 2.33. The molecule has 11 heteroatoms. The number of esters is 1. The van der Waals surface area contributed by atoms with E-state index in [1.165, 1.54) is 43.3 Å². The van der Waals surface area contributed by atoms with Crippen molar-refractivity contribution in [2.45, 2.75) is 32.2 Å². The molecule has 0 spiro atoms. The Morgan fingerprint density at radius 3 is 2.27 bits per heavy atom. The number of rotatable bonds is 10. The molecular weight excluding hydrogens is 432 g/mol. The third-order valence-corrected chi connectivity index (χ3v) is 4.70. The fourth-order valence-electron chi connectivity index (χ4n) is 3.24. The zero-order valence-corrected chi connectivity index (χ0v) is 18.1. The number of non-ortho nitro benzene ring substituents is 1. The second-order valence-electron chi connectivity index (χ2n) is 7.04. The molecule has 0 bridgehead atoms. The van der Waals surface area contributed by atoms with Crippen LogP contribution in [-0.2, 0) is 19.1 Å². The second-order valence-corrected chi connectivity index (χ2v) is 7.04. The van der Waals surface area contributed by atoms with Crippen LogP contribution in [0.3, 0.4) is 0 Å². The van der Waals surface area contributed by atoms with Gasteiger partial charge in [-0.1, -0.05) is 24.3 Å². The van der Waals surface area contributed by atoms with Crippen molar-refractivity contribution in [2.24, 2.45) is 5.73 Å². The maximum atomic E-state index is 13.0. The largest absolute Gasteiger partial charge is 0.466 e. The molecule has 2 aromatic rings. The van der Waals surface area contributed by atoms with Crippen LogP contribution < -0.4 is 16.4 Å². The number of para-hydroxylation sites is 1. The van der Waals surface area contributed by atoms with Gasteiger partial charge in [0, 0.05) is 25.0 Å². The molecule has 0 aromatic heterocycles. The van der Waals surface area contributed by atoms with Crippen LogP contribution in [0, 0.1) is 10.1 Å². The normalized spacial score (nSPS) is 12.2. The highest BCUT2D eigenvalue weighted by Crippen LogP contribution is 2.27. The van der Waals surface area contributed by atoms with Crippen molar-refractivity contribution in [1.82, 2.24) is 5.32 Å². The number of ether oxygens (including phenoxy) is 1. The van der Waals surface area contributed by atoms with Gasteiger partial charge in [0.1, 0.15) is 6.04 Å². The second kappa shape index (κ2) is 11.4. The quantitative estimate of drug-likeness (QED) is 0.278. The molecule has 174 valence electrons. The van der Waals surface area contributed by atoms with Crippen LogP contribution in [0.2, 0.25) is 0 Å². The zero-order valence-electron chi connectivity index (χ0n) is 18.1. The molecule has 0 saturated carbocycles. The van der Waals surface area contributed by atoms with E-state index in [9.17, 15) is 29.3 Å². The fraction of sp³-hybridized carbons (Fsp3) is 0.273. The van der Waals surface area contributed by atoms with Gasteiger partial charge < -0.3 is 21.1 Å². The van der Waals surface area contributed by atoms with Crippen molar-refractivity contribution < 1.29 is 28.8 Å². The number of benzene rings is 2. The van der Waals surface area contributed by atoms with Crippen molar-refractivity contribution >= 4 is 35.1 Å². The smallest absolute Gasteiger partial charge is 0.306 e. The molecule has 2 rings (SSSR count). The molecule has 0 fully saturated rings. The standard InChI is InChI=1S/C22H24N4O7/c1-3-33-19(28)12-17(14-8-10-15(11-9-14)26(31)32)20(21(23)29)25-22(30)16-6-4-5-7-18(16)24-13(2)27/h4-11,17,20H,3,12H2,1-2H3,(H2,23,29)(H,24,27)(H,25,30)/t17-,20-/m1/s1. The third-order valence-electron chi connectivity index (χ3n) is 4.70. The Kier molecular flexibility index (Phi) is 8.61. The summed E-state index contributed by atoms with van der Waals surface area (Å²) in [4.78, 5) is 59.4. The molecule has 33 heavy (non-hydrogen) atoms. The topological polar surface area (TPSA) is 171 Å². The number of nitrogens with two attached hydrogens (primary N) is 1. The maximum absolute atomic E-state index is 13.0. The molecular formula is C22H24N4O7. The van der Waals surface area contributed by atoms with Gasteiger partial charge in [0.2, 0.25) is 11.8 Å². The van der Waals surface area contributed by atoms with Crippen LogP contribution in [0.15, 0.2) is 48.5 Å². The summed E-state index contributed by atoms with van der Waals surface area (Å²) in [5.41, 5.74) is 6.06. The number of anilines is 1. The van der Waals surface area contributed by atoms with Crippen LogP contribution in [0.1, 0.15) is 42.1 Å². The van der Waals surface area contributed by atoms with Crippen molar-refractivity contribution in [3.63, 3.8) is 0 Å². The van der Waals surface area contributed by atoms with Gasteiger partial charge >= 0.3 is 5.97 Å². The monoisotopic (exact) mass is 456 g/mol. The van der Waals surface area contributed by atoms with Crippen molar-refractivity contribution in [2.75, 3.05) is 11.9 Å². The number of hydrogen-bond acceptors (Lipinski definition) is 7. The third kappa shape index (κ3) is 6.86. The Morgan fingerprint density at radius 2 is 1.73 bits per heavy atom. The first-order valence-electron chi connectivity index (χ1n) is 10.0. The van der Waals surface area contributed by atoms with Gasteiger partial charge in [0.25, 0.3) is 11.6 Å². The minimum absolute atomic E-state index is 0.0811. The van der Waals surface area contributed by atoms with Gasteiger partial charge in [-0.25, -0.2) is 0 Å². The van der Waals surface area contributed by atoms with E-state index in [4.69, 9.17) is 10.5 Å². The van der Waals surface area contributed by atoms with E-state index in [-0.39, 0.29) is 30.0 Å². The fourth-order valence-corrected chi connectivity index (χ4v) is 3.24. The van der Waals surface area contributed by atoms with Gasteiger partial charge in [-0.3, -0.25) is 29.3 Å². The molecule has 3 amide bonds. The molecule has 0 aliphatic carbocycles. The van der Waals surface area contributed by atoms with E-state index in [0.717, 1.165) is 0 Å².